The van der Waals surface area contributed by atoms with E-state index >= 15 is 0 Å². The third kappa shape index (κ3) is 2.56. The van der Waals surface area contributed by atoms with Crippen LogP contribution in [0.1, 0.15) is 6.92 Å². The molecule has 1 aromatic carbocycles. The molecule has 0 radical (unpaired) electrons. The van der Waals surface area contributed by atoms with Crippen LogP contribution >= 0.6 is 11.3 Å². The van der Waals surface area contributed by atoms with E-state index in [1.807, 2.05) is 30.5 Å². The summed E-state index contributed by atoms with van der Waals surface area (Å²) in [4.78, 5) is 4.53. The molecule has 1 N–H and O–H groups in total. The molecule has 1 aromatic heterocycles. The van der Waals surface area contributed by atoms with Gasteiger partial charge in [-0.25, -0.2) is 4.98 Å². The van der Waals surface area contributed by atoms with Crippen molar-refractivity contribution < 1.29 is 9.47 Å². The summed E-state index contributed by atoms with van der Waals surface area (Å²) in [5.41, 5.74) is 1.84. The Bertz CT molecular complexity index is 525. The molecule has 0 saturated carbocycles. The zero-order valence-corrected chi connectivity index (χ0v) is 11.5. The Hall–Kier alpha value is -1.75. The molecule has 0 amide bonds. The summed E-state index contributed by atoms with van der Waals surface area (Å²) < 4.78 is 10.6. The molecule has 4 nitrogen and oxygen atoms in total. The summed E-state index contributed by atoms with van der Waals surface area (Å²) in [6.07, 6.45) is 0. The van der Waals surface area contributed by atoms with Crippen molar-refractivity contribution in [3.63, 3.8) is 0 Å². The summed E-state index contributed by atoms with van der Waals surface area (Å²) in [6, 6.07) is 5.70. The summed E-state index contributed by atoms with van der Waals surface area (Å²) in [5.74, 6) is 1.59. The number of benzene rings is 1. The zero-order chi connectivity index (χ0) is 13.0. The molecule has 5 heteroatoms. The van der Waals surface area contributed by atoms with Gasteiger partial charge in [0.1, 0.15) is 11.5 Å². The van der Waals surface area contributed by atoms with E-state index in [1.54, 1.807) is 25.6 Å². The van der Waals surface area contributed by atoms with Gasteiger partial charge < -0.3 is 14.8 Å². The molecule has 0 atom stereocenters. The largest absolute Gasteiger partial charge is 0.497 e. The lowest BCUT2D eigenvalue weighted by Crippen LogP contribution is -1.95. The van der Waals surface area contributed by atoms with Crippen LogP contribution in [-0.2, 0) is 0 Å². The van der Waals surface area contributed by atoms with E-state index in [4.69, 9.17) is 9.47 Å². The average Bonchev–Trinajstić information content (AvgIpc) is 2.87. The third-order valence-electron chi connectivity index (χ3n) is 2.51. The Labute approximate surface area is 111 Å². The van der Waals surface area contributed by atoms with Crippen LogP contribution in [0.3, 0.4) is 0 Å². The number of aromatic nitrogens is 1. The van der Waals surface area contributed by atoms with Gasteiger partial charge in [0.2, 0.25) is 0 Å². The van der Waals surface area contributed by atoms with E-state index in [9.17, 15) is 0 Å². The number of anilines is 1. The van der Waals surface area contributed by atoms with Gasteiger partial charge in [-0.1, -0.05) is 0 Å². The lowest BCUT2D eigenvalue weighted by atomic mass is 10.1. The predicted molar refractivity (Wildman–Crippen MR) is 74.8 cm³/mol. The van der Waals surface area contributed by atoms with Gasteiger partial charge in [0.15, 0.2) is 5.13 Å². The van der Waals surface area contributed by atoms with Crippen LogP contribution in [0.2, 0.25) is 0 Å². The Morgan fingerprint density at radius 1 is 1.28 bits per heavy atom. The summed E-state index contributed by atoms with van der Waals surface area (Å²) >= 11 is 1.58. The quantitative estimate of drug-likeness (QED) is 0.900. The van der Waals surface area contributed by atoms with Gasteiger partial charge >= 0.3 is 0 Å². The Balaban J connectivity index is 2.40. The molecule has 1 heterocycles. The van der Waals surface area contributed by atoms with Crippen molar-refractivity contribution in [1.82, 2.24) is 4.98 Å². The van der Waals surface area contributed by atoms with Gasteiger partial charge in [0.25, 0.3) is 0 Å². The second-order valence-corrected chi connectivity index (χ2v) is 4.49. The highest BCUT2D eigenvalue weighted by Crippen LogP contribution is 2.34. The standard InChI is InChI=1S/C13H16N2O2S/c1-4-14-13-15-11(8-18-13)10-7-9(16-2)5-6-12(10)17-3/h5-8H,4H2,1-3H3,(H,14,15). The first kappa shape index (κ1) is 12.7. The van der Waals surface area contributed by atoms with Crippen molar-refractivity contribution in [3.8, 4) is 22.8 Å². The SMILES string of the molecule is CCNc1nc(-c2cc(OC)ccc2OC)cs1. The molecule has 0 aliphatic carbocycles. The molecule has 0 fully saturated rings. The number of hydrogen-bond donors (Lipinski definition) is 1. The molecule has 0 unspecified atom stereocenters. The van der Waals surface area contributed by atoms with Crippen LogP contribution in [0.5, 0.6) is 11.5 Å². The van der Waals surface area contributed by atoms with E-state index < -0.39 is 0 Å². The summed E-state index contributed by atoms with van der Waals surface area (Å²) in [6.45, 7) is 2.91. The molecule has 2 aromatic rings. The first-order valence-electron chi connectivity index (χ1n) is 5.70. The summed E-state index contributed by atoms with van der Waals surface area (Å²) in [7, 11) is 3.31. The highest BCUT2D eigenvalue weighted by Gasteiger charge is 2.11. The lowest BCUT2D eigenvalue weighted by Gasteiger charge is -2.08. The first-order chi connectivity index (χ1) is 8.78. The number of nitrogens with one attached hydrogen (secondary N) is 1. The highest BCUT2D eigenvalue weighted by atomic mass is 32.1. The molecular formula is C13H16N2O2S. The molecule has 0 aliphatic heterocycles. The van der Waals surface area contributed by atoms with Crippen molar-refractivity contribution in [3.05, 3.63) is 23.6 Å². The number of nitrogens with zero attached hydrogens (tertiary/aromatic N) is 1. The fraction of sp³-hybridized carbons (Fsp3) is 0.308. The van der Waals surface area contributed by atoms with Gasteiger partial charge in [-0.05, 0) is 25.1 Å². The van der Waals surface area contributed by atoms with Gasteiger partial charge in [0, 0.05) is 17.5 Å². The highest BCUT2D eigenvalue weighted by molar-refractivity contribution is 7.14. The predicted octanol–water partition coefficient (Wildman–Crippen LogP) is 3.26. The van der Waals surface area contributed by atoms with Crippen molar-refractivity contribution in [1.29, 1.82) is 0 Å². The second kappa shape index (κ2) is 5.73. The van der Waals surface area contributed by atoms with Gasteiger partial charge in [-0.2, -0.15) is 0 Å². The minimum atomic E-state index is 0.795. The minimum Gasteiger partial charge on any atom is -0.497 e. The lowest BCUT2D eigenvalue weighted by molar-refractivity contribution is 0.404. The van der Waals surface area contributed by atoms with Crippen LogP contribution in [0.15, 0.2) is 23.6 Å². The molecule has 18 heavy (non-hydrogen) atoms. The topological polar surface area (TPSA) is 43.4 Å². The molecule has 96 valence electrons. The number of thiazole rings is 1. The molecular weight excluding hydrogens is 248 g/mol. The molecule has 0 bridgehead atoms. The first-order valence-corrected chi connectivity index (χ1v) is 6.58. The van der Waals surface area contributed by atoms with Crippen LogP contribution in [-0.4, -0.2) is 25.7 Å². The average molecular weight is 264 g/mol. The van der Waals surface area contributed by atoms with Crippen LogP contribution in [0.25, 0.3) is 11.3 Å². The van der Waals surface area contributed by atoms with Crippen molar-refractivity contribution >= 4 is 16.5 Å². The van der Waals surface area contributed by atoms with E-state index in [1.165, 1.54) is 0 Å². The minimum absolute atomic E-state index is 0.795. The maximum Gasteiger partial charge on any atom is 0.183 e. The Morgan fingerprint density at radius 3 is 2.78 bits per heavy atom. The Morgan fingerprint density at radius 2 is 2.11 bits per heavy atom. The van der Waals surface area contributed by atoms with E-state index in [0.717, 1.165) is 34.4 Å². The fourth-order valence-corrected chi connectivity index (χ4v) is 2.43. The maximum absolute atomic E-state index is 5.36. The number of ether oxygens (including phenoxy) is 2. The Kier molecular flexibility index (Phi) is 4.04. The van der Waals surface area contributed by atoms with E-state index in [0.29, 0.717) is 0 Å². The maximum atomic E-state index is 5.36. The summed E-state index contributed by atoms with van der Waals surface area (Å²) in [5, 5.41) is 6.12. The molecule has 2 rings (SSSR count). The van der Waals surface area contributed by atoms with Gasteiger partial charge in [-0.15, -0.1) is 11.3 Å². The number of hydrogen-bond acceptors (Lipinski definition) is 5. The van der Waals surface area contributed by atoms with Crippen LogP contribution in [0.4, 0.5) is 5.13 Å². The van der Waals surface area contributed by atoms with E-state index in [-0.39, 0.29) is 0 Å². The zero-order valence-electron chi connectivity index (χ0n) is 10.7. The normalized spacial score (nSPS) is 10.2. The van der Waals surface area contributed by atoms with E-state index in [2.05, 4.69) is 10.3 Å². The number of rotatable bonds is 5. The smallest absolute Gasteiger partial charge is 0.183 e. The monoisotopic (exact) mass is 264 g/mol. The van der Waals surface area contributed by atoms with Crippen LogP contribution < -0.4 is 14.8 Å². The van der Waals surface area contributed by atoms with Gasteiger partial charge in [0.05, 0.1) is 19.9 Å². The third-order valence-corrected chi connectivity index (χ3v) is 3.31. The van der Waals surface area contributed by atoms with Gasteiger partial charge in [-0.3, -0.25) is 0 Å². The molecule has 0 saturated heterocycles. The molecule has 0 spiro atoms. The van der Waals surface area contributed by atoms with Crippen molar-refractivity contribution in [2.24, 2.45) is 0 Å². The number of methoxy groups -OCH3 is 2. The second-order valence-electron chi connectivity index (χ2n) is 3.63. The fourth-order valence-electron chi connectivity index (χ4n) is 1.64. The van der Waals surface area contributed by atoms with Crippen molar-refractivity contribution in [2.45, 2.75) is 6.92 Å². The van der Waals surface area contributed by atoms with Crippen LogP contribution in [0, 0.1) is 0 Å². The molecule has 0 aliphatic rings. The van der Waals surface area contributed by atoms with Crippen molar-refractivity contribution in [2.75, 3.05) is 26.1 Å².